The minimum Gasteiger partial charge on any atom is -0.478 e. The van der Waals surface area contributed by atoms with Gasteiger partial charge in [-0.05, 0) is 42.8 Å². The van der Waals surface area contributed by atoms with Crippen LogP contribution in [0.2, 0.25) is 0 Å². The summed E-state index contributed by atoms with van der Waals surface area (Å²) in [6, 6.07) is 10.0. The highest BCUT2D eigenvalue weighted by molar-refractivity contribution is 5.94. The lowest BCUT2D eigenvalue weighted by atomic mass is 10.1. The van der Waals surface area contributed by atoms with Crippen LogP contribution in [0.5, 0.6) is 0 Å². The van der Waals surface area contributed by atoms with Crippen molar-refractivity contribution in [2.75, 3.05) is 0 Å². The van der Waals surface area contributed by atoms with Gasteiger partial charge in [0.25, 0.3) is 5.91 Å². The lowest BCUT2D eigenvalue weighted by Crippen LogP contribution is -2.26. The second kappa shape index (κ2) is 6.56. The molecule has 1 atom stereocenters. The number of aliphatic carboxylic acids is 1. The Morgan fingerprint density at radius 2 is 1.95 bits per heavy atom. The van der Waals surface area contributed by atoms with Gasteiger partial charge >= 0.3 is 5.97 Å². The molecule has 1 aromatic carbocycles. The molecule has 0 radical (unpaired) electrons. The van der Waals surface area contributed by atoms with Crippen molar-refractivity contribution < 1.29 is 19.1 Å². The molecule has 0 spiro atoms. The van der Waals surface area contributed by atoms with E-state index in [-0.39, 0.29) is 11.9 Å². The van der Waals surface area contributed by atoms with E-state index < -0.39 is 5.97 Å². The van der Waals surface area contributed by atoms with Gasteiger partial charge in [-0.2, -0.15) is 0 Å². The van der Waals surface area contributed by atoms with E-state index >= 15 is 0 Å². The second-order valence-corrected chi connectivity index (χ2v) is 4.50. The number of rotatable bonds is 5. The number of hydrogen-bond donors (Lipinski definition) is 2. The largest absolute Gasteiger partial charge is 0.478 e. The summed E-state index contributed by atoms with van der Waals surface area (Å²) in [5.74, 6) is -0.541. The SMILES string of the molecule is CC(NC(=O)c1ccc(C=CC(=O)O)cc1)c1ccco1. The first kappa shape index (κ1) is 14.6. The fourth-order valence-corrected chi connectivity index (χ4v) is 1.80. The van der Waals surface area contributed by atoms with E-state index in [0.29, 0.717) is 16.9 Å². The van der Waals surface area contributed by atoms with Gasteiger partial charge in [0.2, 0.25) is 0 Å². The molecule has 1 unspecified atom stereocenters. The summed E-state index contributed by atoms with van der Waals surface area (Å²) in [7, 11) is 0. The number of carboxylic acids is 1. The van der Waals surface area contributed by atoms with Crippen molar-refractivity contribution >= 4 is 18.0 Å². The van der Waals surface area contributed by atoms with Gasteiger partial charge in [0.1, 0.15) is 5.76 Å². The van der Waals surface area contributed by atoms with Gasteiger partial charge in [-0.15, -0.1) is 0 Å². The molecule has 21 heavy (non-hydrogen) atoms. The van der Waals surface area contributed by atoms with Crippen molar-refractivity contribution in [3.05, 3.63) is 65.6 Å². The number of benzene rings is 1. The summed E-state index contributed by atoms with van der Waals surface area (Å²) in [4.78, 5) is 22.5. The molecule has 1 amide bonds. The maximum Gasteiger partial charge on any atom is 0.328 e. The summed E-state index contributed by atoms with van der Waals surface area (Å²) in [5.41, 5.74) is 1.22. The number of nitrogens with one attached hydrogen (secondary N) is 1. The number of amides is 1. The normalized spacial score (nSPS) is 12.2. The molecular formula is C16H15NO4. The van der Waals surface area contributed by atoms with Crippen molar-refractivity contribution in [1.29, 1.82) is 0 Å². The van der Waals surface area contributed by atoms with E-state index in [1.54, 1.807) is 42.7 Å². The predicted octanol–water partition coefficient (Wildman–Crippen LogP) is 2.87. The Morgan fingerprint density at radius 1 is 1.24 bits per heavy atom. The maximum absolute atomic E-state index is 12.1. The van der Waals surface area contributed by atoms with Crippen LogP contribution in [0.15, 0.2) is 53.2 Å². The summed E-state index contributed by atoms with van der Waals surface area (Å²) in [6.45, 7) is 1.83. The molecule has 0 aliphatic rings. The zero-order chi connectivity index (χ0) is 15.2. The number of carbonyl (C=O) groups is 2. The average Bonchev–Trinajstić information content (AvgIpc) is 3.00. The lowest BCUT2D eigenvalue weighted by molar-refractivity contribution is -0.131. The number of furan rings is 1. The Kier molecular flexibility index (Phi) is 4.56. The van der Waals surface area contributed by atoms with Gasteiger partial charge < -0.3 is 14.8 Å². The maximum atomic E-state index is 12.1. The number of hydrogen-bond acceptors (Lipinski definition) is 3. The summed E-state index contributed by atoms with van der Waals surface area (Å²) in [5, 5.41) is 11.4. The van der Waals surface area contributed by atoms with Crippen molar-refractivity contribution in [1.82, 2.24) is 5.32 Å². The smallest absolute Gasteiger partial charge is 0.328 e. The van der Waals surface area contributed by atoms with E-state index in [2.05, 4.69) is 5.32 Å². The molecule has 5 heteroatoms. The van der Waals surface area contributed by atoms with Gasteiger partial charge in [-0.25, -0.2) is 4.79 Å². The molecule has 1 aromatic heterocycles. The Bertz CT molecular complexity index is 641. The predicted molar refractivity (Wildman–Crippen MR) is 77.7 cm³/mol. The van der Waals surface area contributed by atoms with Crippen molar-refractivity contribution in [3.63, 3.8) is 0 Å². The van der Waals surface area contributed by atoms with Crippen LogP contribution < -0.4 is 5.32 Å². The first-order chi connectivity index (χ1) is 10.1. The standard InChI is InChI=1S/C16H15NO4/c1-11(14-3-2-10-21-14)17-16(20)13-7-4-12(5-8-13)6-9-15(18)19/h2-11H,1H3,(H,17,20)(H,18,19). The highest BCUT2D eigenvalue weighted by atomic mass is 16.4. The molecule has 1 heterocycles. The van der Waals surface area contributed by atoms with Crippen LogP contribution >= 0.6 is 0 Å². The van der Waals surface area contributed by atoms with Gasteiger partial charge in [-0.1, -0.05) is 12.1 Å². The first-order valence-corrected chi connectivity index (χ1v) is 6.41. The molecule has 0 bridgehead atoms. The van der Waals surface area contributed by atoms with Gasteiger partial charge in [0, 0.05) is 11.6 Å². The third-order valence-corrected chi connectivity index (χ3v) is 2.91. The quantitative estimate of drug-likeness (QED) is 0.828. The van der Waals surface area contributed by atoms with Crippen molar-refractivity contribution in [2.24, 2.45) is 0 Å². The monoisotopic (exact) mass is 285 g/mol. The van der Waals surface area contributed by atoms with Crippen LogP contribution in [0.25, 0.3) is 6.08 Å². The second-order valence-electron chi connectivity index (χ2n) is 4.50. The van der Waals surface area contributed by atoms with Gasteiger partial charge in [-0.3, -0.25) is 4.79 Å². The molecule has 0 fully saturated rings. The minimum atomic E-state index is -1.01. The minimum absolute atomic E-state index is 0.215. The summed E-state index contributed by atoms with van der Waals surface area (Å²) < 4.78 is 5.23. The summed E-state index contributed by atoms with van der Waals surface area (Å²) >= 11 is 0. The van der Waals surface area contributed by atoms with Crippen LogP contribution in [-0.4, -0.2) is 17.0 Å². The zero-order valence-corrected chi connectivity index (χ0v) is 11.4. The van der Waals surface area contributed by atoms with Crippen LogP contribution in [-0.2, 0) is 4.79 Å². The molecule has 2 N–H and O–H groups in total. The van der Waals surface area contributed by atoms with Crippen LogP contribution in [0.4, 0.5) is 0 Å². The first-order valence-electron chi connectivity index (χ1n) is 6.41. The van der Waals surface area contributed by atoms with Gasteiger partial charge in [0.05, 0.1) is 12.3 Å². The molecule has 0 aliphatic heterocycles. The van der Waals surface area contributed by atoms with E-state index in [0.717, 1.165) is 6.08 Å². The third kappa shape index (κ3) is 4.07. The Morgan fingerprint density at radius 3 is 2.52 bits per heavy atom. The molecule has 0 aliphatic carbocycles. The third-order valence-electron chi connectivity index (χ3n) is 2.91. The number of carboxylic acid groups (broad SMARTS) is 1. The lowest BCUT2D eigenvalue weighted by Gasteiger charge is -2.11. The molecule has 5 nitrogen and oxygen atoms in total. The topological polar surface area (TPSA) is 79.5 Å². The fraction of sp³-hybridized carbons (Fsp3) is 0.125. The number of carbonyl (C=O) groups excluding carboxylic acids is 1. The average molecular weight is 285 g/mol. The Hall–Kier alpha value is -2.82. The molecule has 108 valence electrons. The van der Waals surface area contributed by atoms with E-state index in [4.69, 9.17) is 9.52 Å². The van der Waals surface area contributed by atoms with Crippen LogP contribution in [0, 0.1) is 0 Å². The molecular weight excluding hydrogens is 270 g/mol. The highest BCUT2D eigenvalue weighted by Gasteiger charge is 2.12. The molecule has 2 rings (SSSR count). The van der Waals surface area contributed by atoms with Crippen molar-refractivity contribution in [2.45, 2.75) is 13.0 Å². The highest BCUT2D eigenvalue weighted by Crippen LogP contribution is 2.13. The Balaban J connectivity index is 2.01. The molecule has 0 saturated carbocycles. The fourth-order valence-electron chi connectivity index (χ4n) is 1.80. The van der Waals surface area contributed by atoms with Gasteiger partial charge in [0.15, 0.2) is 0 Å². The van der Waals surface area contributed by atoms with E-state index in [9.17, 15) is 9.59 Å². The van der Waals surface area contributed by atoms with E-state index in [1.165, 1.54) is 6.08 Å². The molecule has 2 aromatic rings. The van der Waals surface area contributed by atoms with E-state index in [1.807, 2.05) is 6.92 Å². The van der Waals surface area contributed by atoms with Crippen LogP contribution in [0.3, 0.4) is 0 Å². The zero-order valence-electron chi connectivity index (χ0n) is 11.4. The molecule has 0 saturated heterocycles. The summed E-state index contributed by atoms with van der Waals surface area (Å²) in [6.07, 6.45) is 4.07. The van der Waals surface area contributed by atoms with Crippen LogP contribution in [0.1, 0.15) is 34.6 Å². The van der Waals surface area contributed by atoms with Crippen molar-refractivity contribution in [3.8, 4) is 0 Å². The Labute approximate surface area is 121 Å².